The Kier molecular flexibility index (Phi) is 4.27. The maximum Gasteiger partial charge on any atom is 0.246 e. The summed E-state index contributed by atoms with van der Waals surface area (Å²) >= 11 is 0. The van der Waals surface area contributed by atoms with Gasteiger partial charge in [0.1, 0.15) is 11.7 Å². The van der Waals surface area contributed by atoms with Gasteiger partial charge in [-0.1, -0.05) is 13.3 Å². The van der Waals surface area contributed by atoms with Gasteiger partial charge in [0.2, 0.25) is 5.91 Å². The standard InChI is InChI=1S/C15H21N3O2/c1-5-7-12(15(19)17(3)4)18-10-11(2)14(16-18)13-8-6-9-20-13/h6,8-10,12H,5,7H2,1-4H3. The molecule has 20 heavy (non-hydrogen) atoms. The smallest absolute Gasteiger partial charge is 0.246 e. The van der Waals surface area contributed by atoms with E-state index in [1.54, 1.807) is 29.9 Å². The van der Waals surface area contributed by atoms with Crippen molar-refractivity contribution in [2.75, 3.05) is 14.1 Å². The molecule has 2 rings (SSSR count). The first kappa shape index (κ1) is 14.4. The van der Waals surface area contributed by atoms with Crippen molar-refractivity contribution in [1.29, 1.82) is 0 Å². The third-order valence-electron chi connectivity index (χ3n) is 3.28. The zero-order valence-electron chi connectivity index (χ0n) is 12.5. The second-order valence-corrected chi connectivity index (χ2v) is 5.16. The van der Waals surface area contributed by atoms with Crippen molar-refractivity contribution in [2.24, 2.45) is 0 Å². The van der Waals surface area contributed by atoms with Crippen molar-refractivity contribution in [3.05, 3.63) is 30.2 Å². The van der Waals surface area contributed by atoms with Gasteiger partial charge < -0.3 is 9.32 Å². The number of carbonyl (C=O) groups is 1. The van der Waals surface area contributed by atoms with E-state index in [4.69, 9.17) is 4.42 Å². The molecule has 0 radical (unpaired) electrons. The summed E-state index contributed by atoms with van der Waals surface area (Å²) in [5, 5.41) is 4.55. The number of aryl methyl sites for hydroxylation is 1. The first-order valence-corrected chi connectivity index (χ1v) is 6.85. The lowest BCUT2D eigenvalue weighted by Gasteiger charge is -2.20. The summed E-state index contributed by atoms with van der Waals surface area (Å²) in [6.45, 7) is 4.05. The number of carbonyl (C=O) groups excluding carboxylic acids is 1. The van der Waals surface area contributed by atoms with Crippen molar-refractivity contribution in [3.8, 4) is 11.5 Å². The van der Waals surface area contributed by atoms with Crippen molar-refractivity contribution < 1.29 is 9.21 Å². The summed E-state index contributed by atoms with van der Waals surface area (Å²) in [6, 6.07) is 3.46. The number of hydrogen-bond donors (Lipinski definition) is 0. The molecule has 0 aliphatic heterocycles. The van der Waals surface area contributed by atoms with Crippen LogP contribution in [0.1, 0.15) is 31.4 Å². The van der Waals surface area contributed by atoms with Gasteiger partial charge >= 0.3 is 0 Å². The van der Waals surface area contributed by atoms with Crippen LogP contribution in [0.4, 0.5) is 0 Å². The summed E-state index contributed by atoms with van der Waals surface area (Å²) in [5.74, 6) is 0.800. The average molecular weight is 275 g/mol. The zero-order valence-corrected chi connectivity index (χ0v) is 12.5. The molecule has 5 nitrogen and oxygen atoms in total. The van der Waals surface area contributed by atoms with E-state index in [-0.39, 0.29) is 11.9 Å². The van der Waals surface area contributed by atoms with Gasteiger partial charge in [0, 0.05) is 20.3 Å². The number of nitrogens with zero attached hydrogens (tertiary/aromatic N) is 3. The predicted octanol–water partition coefficient (Wildman–Crippen LogP) is 2.88. The molecule has 108 valence electrons. The fourth-order valence-corrected chi connectivity index (χ4v) is 2.24. The van der Waals surface area contributed by atoms with Crippen LogP contribution in [0.5, 0.6) is 0 Å². The van der Waals surface area contributed by atoms with Crippen LogP contribution in [0.25, 0.3) is 11.5 Å². The quantitative estimate of drug-likeness (QED) is 0.843. The third-order valence-corrected chi connectivity index (χ3v) is 3.28. The summed E-state index contributed by atoms with van der Waals surface area (Å²) in [6.07, 6.45) is 5.25. The molecule has 0 spiro atoms. The Morgan fingerprint density at radius 2 is 2.25 bits per heavy atom. The third kappa shape index (κ3) is 2.76. The molecule has 0 aliphatic rings. The highest BCUT2D eigenvalue weighted by molar-refractivity contribution is 5.80. The monoisotopic (exact) mass is 275 g/mol. The molecule has 0 bridgehead atoms. The Labute approximate surface area is 119 Å². The van der Waals surface area contributed by atoms with Gasteiger partial charge in [-0.15, -0.1) is 0 Å². The van der Waals surface area contributed by atoms with Crippen molar-refractivity contribution in [3.63, 3.8) is 0 Å². The number of hydrogen-bond acceptors (Lipinski definition) is 3. The molecule has 2 aromatic heterocycles. The molecule has 1 amide bonds. The molecule has 2 heterocycles. The molecule has 0 N–H and O–H groups in total. The van der Waals surface area contributed by atoms with Gasteiger partial charge in [-0.2, -0.15) is 5.10 Å². The van der Waals surface area contributed by atoms with E-state index in [0.717, 1.165) is 29.9 Å². The van der Waals surface area contributed by atoms with Gasteiger partial charge in [-0.25, -0.2) is 0 Å². The van der Waals surface area contributed by atoms with Crippen molar-refractivity contribution in [2.45, 2.75) is 32.7 Å². The van der Waals surface area contributed by atoms with E-state index in [1.807, 2.05) is 25.3 Å². The maximum atomic E-state index is 12.3. The molecule has 1 unspecified atom stereocenters. The Morgan fingerprint density at radius 1 is 1.50 bits per heavy atom. The van der Waals surface area contributed by atoms with Crippen molar-refractivity contribution in [1.82, 2.24) is 14.7 Å². The number of rotatable bonds is 5. The van der Waals surface area contributed by atoms with Crippen LogP contribution in [0, 0.1) is 6.92 Å². The minimum atomic E-state index is -0.252. The summed E-state index contributed by atoms with van der Waals surface area (Å²) in [4.78, 5) is 13.9. The summed E-state index contributed by atoms with van der Waals surface area (Å²) in [5.41, 5.74) is 1.80. The Morgan fingerprint density at radius 3 is 2.80 bits per heavy atom. The van der Waals surface area contributed by atoms with Gasteiger partial charge in [-0.05, 0) is 31.0 Å². The Hall–Kier alpha value is -2.04. The molecular weight excluding hydrogens is 254 g/mol. The van der Waals surface area contributed by atoms with E-state index in [2.05, 4.69) is 12.0 Å². The lowest BCUT2D eigenvalue weighted by molar-refractivity contribution is -0.132. The van der Waals surface area contributed by atoms with Crippen LogP contribution in [0.15, 0.2) is 29.0 Å². The van der Waals surface area contributed by atoms with E-state index in [9.17, 15) is 4.79 Å². The van der Waals surface area contributed by atoms with Gasteiger partial charge in [-0.3, -0.25) is 9.48 Å². The topological polar surface area (TPSA) is 51.3 Å². The van der Waals surface area contributed by atoms with Gasteiger partial charge in [0.15, 0.2) is 5.76 Å². The van der Waals surface area contributed by atoms with E-state index in [0.29, 0.717) is 0 Å². The number of likely N-dealkylation sites (N-methyl/N-ethyl adjacent to an activating group) is 1. The SMILES string of the molecule is CCCC(C(=O)N(C)C)n1cc(C)c(-c2ccco2)n1. The fourth-order valence-electron chi connectivity index (χ4n) is 2.24. The average Bonchev–Trinajstić information content (AvgIpc) is 3.03. The maximum absolute atomic E-state index is 12.3. The summed E-state index contributed by atoms with van der Waals surface area (Å²) in [7, 11) is 3.55. The van der Waals surface area contributed by atoms with Crippen LogP contribution in [-0.4, -0.2) is 34.7 Å². The molecule has 0 saturated carbocycles. The molecule has 0 fully saturated rings. The van der Waals surface area contributed by atoms with Gasteiger partial charge in [0.25, 0.3) is 0 Å². The van der Waals surface area contributed by atoms with Crippen LogP contribution >= 0.6 is 0 Å². The van der Waals surface area contributed by atoms with Crippen LogP contribution in [-0.2, 0) is 4.79 Å². The molecule has 5 heteroatoms. The first-order chi connectivity index (χ1) is 9.54. The van der Waals surface area contributed by atoms with Crippen LogP contribution < -0.4 is 0 Å². The summed E-state index contributed by atoms with van der Waals surface area (Å²) < 4.78 is 7.15. The zero-order chi connectivity index (χ0) is 14.7. The van der Waals surface area contributed by atoms with Crippen LogP contribution in [0.3, 0.4) is 0 Å². The highest BCUT2D eigenvalue weighted by atomic mass is 16.3. The first-order valence-electron chi connectivity index (χ1n) is 6.85. The normalized spacial score (nSPS) is 12.4. The number of aromatic nitrogens is 2. The van der Waals surface area contributed by atoms with Crippen molar-refractivity contribution >= 4 is 5.91 Å². The highest BCUT2D eigenvalue weighted by Crippen LogP contribution is 2.25. The Balaban J connectivity index is 2.35. The minimum Gasteiger partial charge on any atom is -0.463 e. The lowest BCUT2D eigenvalue weighted by Crippen LogP contribution is -2.32. The second-order valence-electron chi connectivity index (χ2n) is 5.16. The van der Waals surface area contributed by atoms with E-state index < -0.39 is 0 Å². The second kappa shape index (κ2) is 5.94. The molecule has 0 aliphatic carbocycles. The number of furan rings is 1. The van der Waals surface area contributed by atoms with E-state index in [1.165, 1.54) is 0 Å². The minimum absolute atomic E-state index is 0.0698. The van der Waals surface area contributed by atoms with E-state index >= 15 is 0 Å². The molecule has 0 aromatic carbocycles. The van der Waals surface area contributed by atoms with Gasteiger partial charge in [0.05, 0.1) is 6.26 Å². The largest absolute Gasteiger partial charge is 0.463 e. The Bertz CT molecular complexity index is 570. The number of amides is 1. The molecular formula is C15H21N3O2. The molecule has 2 aromatic rings. The van der Waals surface area contributed by atoms with Crippen LogP contribution in [0.2, 0.25) is 0 Å². The molecule has 0 saturated heterocycles. The predicted molar refractivity (Wildman–Crippen MR) is 77.3 cm³/mol. The molecule has 1 atom stereocenters. The lowest BCUT2D eigenvalue weighted by atomic mass is 10.1. The fraction of sp³-hybridized carbons (Fsp3) is 0.467. The highest BCUT2D eigenvalue weighted by Gasteiger charge is 2.23.